The fourth-order valence-electron chi connectivity index (χ4n) is 2.54. The number of carboxylic acid groups (broad SMARTS) is 1. The van der Waals surface area contributed by atoms with Gasteiger partial charge in [-0.2, -0.15) is 0 Å². The van der Waals surface area contributed by atoms with Crippen molar-refractivity contribution in [2.24, 2.45) is 0 Å². The molecule has 23 heavy (non-hydrogen) atoms. The Morgan fingerprint density at radius 2 is 2.09 bits per heavy atom. The van der Waals surface area contributed by atoms with Crippen LogP contribution in [-0.2, 0) is 0 Å². The highest BCUT2D eigenvalue weighted by molar-refractivity contribution is 6.07. The molecule has 6 nitrogen and oxygen atoms in total. The fourth-order valence-corrected chi connectivity index (χ4v) is 2.54. The van der Waals surface area contributed by atoms with Gasteiger partial charge in [0.2, 0.25) is 0 Å². The van der Waals surface area contributed by atoms with Crippen LogP contribution in [0, 0.1) is 6.92 Å². The van der Waals surface area contributed by atoms with Crippen LogP contribution in [0.15, 0.2) is 36.5 Å². The standard InChI is InChI=1S/C17H16N2O4/c1-10-3-6-14-15(7-10)23-11(2)9-19(14)16(20)12-4-5-13(17(21)22)18-8-12/h3-8,11H,9H2,1-2H3,(H,21,22)/t11-/m0/s1. The van der Waals surface area contributed by atoms with Gasteiger partial charge in [-0.15, -0.1) is 0 Å². The van der Waals surface area contributed by atoms with E-state index in [2.05, 4.69) is 4.98 Å². The van der Waals surface area contributed by atoms with Gasteiger partial charge in [-0.05, 0) is 43.7 Å². The third-order valence-electron chi connectivity index (χ3n) is 3.65. The molecule has 0 saturated carbocycles. The van der Waals surface area contributed by atoms with Crippen LogP contribution in [0.25, 0.3) is 0 Å². The van der Waals surface area contributed by atoms with Crippen molar-refractivity contribution in [3.8, 4) is 5.75 Å². The maximum absolute atomic E-state index is 12.8. The monoisotopic (exact) mass is 312 g/mol. The molecule has 0 radical (unpaired) electrons. The lowest BCUT2D eigenvalue weighted by Crippen LogP contribution is -2.42. The lowest BCUT2D eigenvalue weighted by Gasteiger charge is -2.33. The normalized spacial score (nSPS) is 16.4. The molecule has 0 bridgehead atoms. The maximum Gasteiger partial charge on any atom is 0.354 e. The first-order valence-electron chi connectivity index (χ1n) is 7.24. The summed E-state index contributed by atoms with van der Waals surface area (Å²) < 4.78 is 5.79. The van der Waals surface area contributed by atoms with E-state index < -0.39 is 5.97 Å². The predicted octanol–water partition coefficient (Wildman–Crippen LogP) is 2.52. The topological polar surface area (TPSA) is 79.7 Å². The Balaban J connectivity index is 1.95. The Morgan fingerprint density at radius 1 is 1.30 bits per heavy atom. The third kappa shape index (κ3) is 2.88. The van der Waals surface area contributed by atoms with E-state index in [0.717, 1.165) is 5.56 Å². The molecule has 1 aliphatic heterocycles. The SMILES string of the molecule is Cc1ccc2c(c1)O[C@@H](C)CN2C(=O)c1ccc(C(=O)O)nc1. The van der Waals surface area contributed by atoms with E-state index in [0.29, 0.717) is 23.5 Å². The highest BCUT2D eigenvalue weighted by Gasteiger charge is 2.28. The zero-order valence-electron chi connectivity index (χ0n) is 12.8. The summed E-state index contributed by atoms with van der Waals surface area (Å²) in [7, 11) is 0. The van der Waals surface area contributed by atoms with Crippen molar-refractivity contribution in [1.29, 1.82) is 0 Å². The van der Waals surface area contributed by atoms with Gasteiger partial charge in [0.25, 0.3) is 5.91 Å². The molecule has 118 valence electrons. The number of rotatable bonds is 2. The first-order chi connectivity index (χ1) is 11.0. The van der Waals surface area contributed by atoms with Crippen molar-refractivity contribution in [1.82, 2.24) is 4.98 Å². The molecule has 0 spiro atoms. The number of carbonyl (C=O) groups excluding carboxylic acids is 1. The summed E-state index contributed by atoms with van der Waals surface area (Å²) in [5.41, 5.74) is 2.02. The zero-order chi connectivity index (χ0) is 16.6. The lowest BCUT2D eigenvalue weighted by atomic mass is 10.1. The van der Waals surface area contributed by atoms with Crippen molar-refractivity contribution in [3.05, 3.63) is 53.3 Å². The second kappa shape index (κ2) is 5.72. The molecule has 2 aromatic rings. The van der Waals surface area contributed by atoms with Gasteiger partial charge in [-0.3, -0.25) is 4.79 Å². The van der Waals surface area contributed by atoms with Crippen LogP contribution >= 0.6 is 0 Å². The highest BCUT2D eigenvalue weighted by Crippen LogP contribution is 2.35. The maximum atomic E-state index is 12.8. The Hall–Kier alpha value is -2.89. The van der Waals surface area contributed by atoms with Crippen molar-refractivity contribution in [2.75, 3.05) is 11.4 Å². The van der Waals surface area contributed by atoms with Crippen LogP contribution in [0.2, 0.25) is 0 Å². The van der Waals surface area contributed by atoms with Crippen molar-refractivity contribution < 1.29 is 19.4 Å². The average molecular weight is 312 g/mol. The first kappa shape index (κ1) is 15.0. The van der Waals surface area contributed by atoms with Crippen molar-refractivity contribution in [2.45, 2.75) is 20.0 Å². The zero-order valence-corrected chi connectivity index (χ0v) is 12.8. The number of aromatic carboxylic acids is 1. The number of carbonyl (C=O) groups is 2. The molecule has 1 aromatic carbocycles. The van der Waals surface area contributed by atoms with Crippen LogP contribution in [0.3, 0.4) is 0 Å². The quantitative estimate of drug-likeness (QED) is 0.921. The van der Waals surface area contributed by atoms with E-state index >= 15 is 0 Å². The second-order valence-corrected chi connectivity index (χ2v) is 5.55. The summed E-state index contributed by atoms with van der Waals surface area (Å²) in [5.74, 6) is -0.674. The Labute approximate surface area is 133 Å². The Morgan fingerprint density at radius 3 is 2.74 bits per heavy atom. The summed E-state index contributed by atoms with van der Waals surface area (Å²) in [4.78, 5) is 29.0. The van der Waals surface area contributed by atoms with E-state index in [1.165, 1.54) is 18.3 Å². The van der Waals surface area contributed by atoms with E-state index in [-0.39, 0.29) is 17.7 Å². The van der Waals surface area contributed by atoms with Crippen molar-refractivity contribution >= 4 is 17.6 Å². The molecule has 2 heterocycles. The van der Waals surface area contributed by atoms with Crippen LogP contribution in [0.4, 0.5) is 5.69 Å². The highest BCUT2D eigenvalue weighted by atomic mass is 16.5. The fraction of sp³-hybridized carbons (Fsp3) is 0.235. The van der Waals surface area contributed by atoms with Gasteiger partial charge in [0, 0.05) is 6.20 Å². The van der Waals surface area contributed by atoms with Crippen LogP contribution in [-0.4, -0.2) is 34.6 Å². The van der Waals surface area contributed by atoms with Gasteiger partial charge in [0.1, 0.15) is 17.5 Å². The van der Waals surface area contributed by atoms with Gasteiger partial charge >= 0.3 is 5.97 Å². The van der Waals surface area contributed by atoms with Gasteiger partial charge in [-0.1, -0.05) is 6.07 Å². The number of fused-ring (bicyclic) bond motifs is 1. The first-order valence-corrected chi connectivity index (χ1v) is 7.24. The van der Waals surface area contributed by atoms with Gasteiger partial charge in [0.15, 0.2) is 0 Å². The Kier molecular flexibility index (Phi) is 3.73. The van der Waals surface area contributed by atoms with Crippen LogP contribution in [0.1, 0.15) is 33.3 Å². The third-order valence-corrected chi connectivity index (χ3v) is 3.65. The number of nitrogens with zero attached hydrogens (tertiary/aromatic N) is 2. The minimum atomic E-state index is -1.12. The number of aromatic nitrogens is 1. The van der Waals surface area contributed by atoms with E-state index in [9.17, 15) is 9.59 Å². The van der Waals surface area contributed by atoms with E-state index in [1.54, 1.807) is 4.90 Å². The molecule has 1 aromatic heterocycles. The number of anilines is 1. The van der Waals surface area contributed by atoms with Crippen LogP contribution < -0.4 is 9.64 Å². The summed E-state index contributed by atoms with van der Waals surface area (Å²) >= 11 is 0. The molecule has 6 heteroatoms. The molecule has 0 unspecified atom stereocenters. The lowest BCUT2D eigenvalue weighted by molar-refractivity contribution is 0.0690. The van der Waals surface area contributed by atoms with Gasteiger partial charge in [0.05, 0.1) is 17.8 Å². The molecule has 0 fully saturated rings. The molecule has 0 saturated heterocycles. The second-order valence-electron chi connectivity index (χ2n) is 5.55. The number of benzene rings is 1. The largest absolute Gasteiger partial charge is 0.487 e. The molecule has 1 aliphatic rings. The summed E-state index contributed by atoms with van der Waals surface area (Å²) in [6.45, 7) is 4.29. The molecular weight excluding hydrogens is 296 g/mol. The number of pyridine rings is 1. The van der Waals surface area contributed by atoms with E-state index in [1.807, 2.05) is 32.0 Å². The molecule has 1 atom stereocenters. The number of aryl methyl sites for hydroxylation is 1. The van der Waals surface area contributed by atoms with Crippen molar-refractivity contribution in [3.63, 3.8) is 0 Å². The minimum absolute atomic E-state index is 0.0899. The molecule has 1 N–H and O–H groups in total. The Bertz CT molecular complexity index is 771. The number of hydrogen-bond donors (Lipinski definition) is 1. The minimum Gasteiger partial charge on any atom is -0.487 e. The average Bonchev–Trinajstić information content (AvgIpc) is 2.53. The van der Waals surface area contributed by atoms with Crippen LogP contribution in [0.5, 0.6) is 5.75 Å². The van der Waals surface area contributed by atoms with Gasteiger partial charge < -0.3 is 14.7 Å². The smallest absolute Gasteiger partial charge is 0.354 e. The summed E-state index contributed by atoms with van der Waals surface area (Å²) in [6.07, 6.45) is 1.17. The number of ether oxygens (including phenoxy) is 1. The summed E-state index contributed by atoms with van der Waals surface area (Å²) in [5, 5.41) is 8.88. The van der Waals surface area contributed by atoms with E-state index in [4.69, 9.17) is 9.84 Å². The number of carboxylic acids is 1. The molecule has 1 amide bonds. The number of amides is 1. The molecule has 3 rings (SSSR count). The van der Waals surface area contributed by atoms with Gasteiger partial charge in [-0.25, -0.2) is 9.78 Å². The number of hydrogen-bond acceptors (Lipinski definition) is 4. The molecule has 0 aliphatic carbocycles. The molecular formula is C17H16N2O4. The predicted molar refractivity (Wildman–Crippen MR) is 84.1 cm³/mol. The summed E-state index contributed by atoms with van der Waals surface area (Å²) in [6, 6.07) is 8.48.